The summed E-state index contributed by atoms with van der Waals surface area (Å²) in [6.07, 6.45) is 9.62. The normalized spacial score (nSPS) is 12.8. The van der Waals surface area contributed by atoms with Crippen LogP contribution < -0.4 is 5.32 Å². The van der Waals surface area contributed by atoms with Crippen molar-refractivity contribution >= 4 is 0 Å². The zero-order valence-corrected chi connectivity index (χ0v) is 9.31. The van der Waals surface area contributed by atoms with Crippen molar-refractivity contribution in [2.45, 2.75) is 58.4 Å². The molecule has 1 heteroatoms. The lowest BCUT2D eigenvalue weighted by molar-refractivity contribution is 0.442. The highest BCUT2D eigenvalue weighted by Gasteiger charge is 2.04. The number of allylic oxidation sites excluding steroid dienone is 1. The van der Waals surface area contributed by atoms with E-state index in [4.69, 9.17) is 0 Å². The van der Waals surface area contributed by atoms with Crippen LogP contribution in [0.1, 0.15) is 52.4 Å². The van der Waals surface area contributed by atoms with Gasteiger partial charge in [0.25, 0.3) is 0 Å². The van der Waals surface area contributed by atoms with Crippen LogP contribution in [0, 0.1) is 0 Å². The maximum atomic E-state index is 3.77. The minimum atomic E-state index is 0.720. The van der Waals surface area contributed by atoms with E-state index in [-0.39, 0.29) is 0 Å². The van der Waals surface area contributed by atoms with Gasteiger partial charge in [-0.25, -0.2) is 0 Å². The number of unbranched alkanes of at least 4 members (excludes halogenated alkanes) is 1. The lowest BCUT2D eigenvalue weighted by Gasteiger charge is -2.17. The molecule has 0 heterocycles. The van der Waals surface area contributed by atoms with Crippen LogP contribution in [-0.2, 0) is 0 Å². The van der Waals surface area contributed by atoms with Crippen LogP contribution in [0.15, 0.2) is 12.7 Å². The molecular weight excluding hydrogens is 158 g/mol. The fourth-order valence-electron chi connectivity index (χ4n) is 1.47. The molecule has 0 aromatic heterocycles. The molecule has 0 saturated carbocycles. The van der Waals surface area contributed by atoms with Crippen molar-refractivity contribution in [3.8, 4) is 0 Å². The van der Waals surface area contributed by atoms with E-state index < -0.39 is 0 Å². The van der Waals surface area contributed by atoms with Gasteiger partial charge in [0.1, 0.15) is 0 Å². The first-order valence-electron chi connectivity index (χ1n) is 5.69. The molecule has 0 aliphatic rings. The minimum absolute atomic E-state index is 0.720. The number of hydrogen-bond donors (Lipinski definition) is 1. The molecule has 0 aromatic rings. The summed E-state index contributed by atoms with van der Waals surface area (Å²) in [6.45, 7) is 9.40. The molecule has 0 aliphatic carbocycles. The zero-order chi connectivity index (χ0) is 9.94. The Balaban J connectivity index is 3.52. The minimum Gasteiger partial charge on any atom is -0.314 e. The van der Waals surface area contributed by atoms with Crippen LogP contribution in [0.3, 0.4) is 0 Å². The molecule has 0 aliphatic heterocycles. The Labute approximate surface area is 83.6 Å². The number of nitrogens with one attached hydrogen (secondary N) is 1. The first kappa shape index (κ1) is 12.7. The van der Waals surface area contributed by atoms with Gasteiger partial charge < -0.3 is 5.32 Å². The molecule has 0 fully saturated rings. The Hall–Kier alpha value is -0.300. The first-order chi connectivity index (χ1) is 6.35. The highest BCUT2D eigenvalue weighted by molar-refractivity contribution is 4.73. The Kier molecular flexibility index (Phi) is 9.56. The van der Waals surface area contributed by atoms with Crippen LogP contribution >= 0.6 is 0 Å². The summed E-state index contributed by atoms with van der Waals surface area (Å²) < 4.78 is 0. The van der Waals surface area contributed by atoms with Gasteiger partial charge in [-0.1, -0.05) is 32.8 Å². The second kappa shape index (κ2) is 9.79. The van der Waals surface area contributed by atoms with Crippen molar-refractivity contribution in [3.05, 3.63) is 12.7 Å². The van der Waals surface area contributed by atoms with Crippen molar-refractivity contribution in [2.24, 2.45) is 0 Å². The quantitative estimate of drug-likeness (QED) is 0.539. The predicted molar refractivity (Wildman–Crippen MR) is 61.0 cm³/mol. The monoisotopic (exact) mass is 183 g/mol. The highest BCUT2D eigenvalue weighted by atomic mass is 14.9. The molecule has 0 spiro atoms. The number of hydrogen-bond acceptors (Lipinski definition) is 1. The van der Waals surface area contributed by atoms with Gasteiger partial charge in [0.15, 0.2) is 0 Å². The lowest BCUT2D eigenvalue weighted by Crippen LogP contribution is -2.29. The van der Waals surface area contributed by atoms with Crippen LogP contribution in [0.5, 0.6) is 0 Å². The molecule has 13 heavy (non-hydrogen) atoms. The van der Waals surface area contributed by atoms with Gasteiger partial charge in [-0.2, -0.15) is 0 Å². The van der Waals surface area contributed by atoms with Crippen molar-refractivity contribution in [1.29, 1.82) is 0 Å². The van der Waals surface area contributed by atoms with Gasteiger partial charge >= 0.3 is 0 Å². The Morgan fingerprint density at radius 1 is 1.23 bits per heavy atom. The summed E-state index contributed by atoms with van der Waals surface area (Å²) in [5.74, 6) is 0. The SMILES string of the molecule is C=CCCC(CCCC)NCCC. The third-order valence-electron chi connectivity index (χ3n) is 2.31. The largest absolute Gasteiger partial charge is 0.314 e. The average molecular weight is 183 g/mol. The van der Waals surface area contributed by atoms with Crippen molar-refractivity contribution in [1.82, 2.24) is 5.32 Å². The van der Waals surface area contributed by atoms with E-state index >= 15 is 0 Å². The molecule has 0 amide bonds. The Bertz CT molecular complexity index is 102. The van der Waals surface area contributed by atoms with E-state index in [0.29, 0.717) is 0 Å². The Morgan fingerprint density at radius 3 is 2.54 bits per heavy atom. The van der Waals surface area contributed by atoms with Gasteiger partial charge in [0.05, 0.1) is 0 Å². The lowest BCUT2D eigenvalue weighted by atomic mass is 10.0. The molecule has 1 unspecified atom stereocenters. The van der Waals surface area contributed by atoms with E-state index in [1.807, 2.05) is 6.08 Å². The van der Waals surface area contributed by atoms with E-state index in [2.05, 4.69) is 25.7 Å². The predicted octanol–water partition coefficient (Wildman–Crippen LogP) is 3.51. The highest BCUT2D eigenvalue weighted by Crippen LogP contribution is 2.07. The Morgan fingerprint density at radius 2 is 2.00 bits per heavy atom. The molecule has 0 aromatic carbocycles. The molecule has 0 radical (unpaired) electrons. The van der Waals surface area contributed by atoms with Gasteiger partial charge in [0.2, 0.25) is 0 Å². The van der Waals surface area contributed by atoms with E-state index in [9.17, 15) is 0 Å². The molecule has 78 valence electrons. The molecule has 0 saturated heterocycles. The fraction of sp³-hybridized carbons (Fsp3) is 0.833. The molecule has 1 atom stereocenters. The molecule has 1 N–H and O–H groups in total. The smallest absolute Gasteiger partial charge is 0.00700 e. The maximum Gasteiger partial charge on any atom is 0.00700 e. The van der Waals surface area contributed by atoms with Crippen molar-refractivity contribution < 1.29 is 0 Å². The fourth-order valence-corrected chi connectivity index (χ4v) is 1.47. The summed E-state index contributed by atoms with van der Waals surface area (Å²) in [5, 5.41) is 3.59. The van der Waals surface area contributed by atoms with Crippen LogP contribution in [0.2, 0.25) is 0 Å². The van der Waals surface area contributed by atoms with E-state index in [1.165, 1.54) is 32.1 Å². The van der Waals surface area contributed by atoms with Gasteiger partial charge in [-0.15, -0.1) is 6.58 Å². The second-order valence-electron chi connectivity index (χ2n) is 3.66. The van der Waals surface area contributed by atoms with Gasteiger partial charge in [0, 0.05) is 6.04 Å². The summed E-state index contributed by atoms with van der Waals surface area (Å²) >= 11 is 0. The summed E-state index contributed by atoms with van der Waals surface area (Å²) in [7, 11) is 0. The van der Waals surface area contributed by atoms with E-state index in [0.717, 1.165) is 19.0 Å². The topological polar surface area (TPSA) is 12.0 Å². The molecular formula is C12H25N. The van der Waals surface area contributed by atoms with Gasteiger partial charge in [-0.05, 0) is 32.2 Å². The van der Waals surface area contributed by atoms with Crippen LogP contribution in [0.4, 0.5) is 0 Å². The standard InChI is InChI=1S/C12H25N/c1-4-7-9-12(10-8-5-2)13-11-6-3/h4,12-13H,1,5-11H2,2-3H3. The second-order valence-corrected chi connectivity index (χ2v) is 3.66. The molecule has 0 rings (SSSR count). The maximum absolute atomic E-state index is 3.77. The summed E-state index contributed by atoms with van der Waals surface area (Å²) in [5.41, 5.74) is 0. The van der Waals surface area contributed by atoms with Gasteiger partial charge in [-0.3, -0.25) is 0 Å². The molecule has 1 nitrogen and oxygen atoms in total. The molecule has 0 bridgehead atoms. The summed E-state index contributed by atoms with van der Waals surface area (Å²) in [4.78, 5) is 0. The zero-order valence-electron chi connectivity index (χ0n) is 9.31. The van der Waals surface area contributed by atoms with Crippen LogP contribution in [0.25, 0.3) is 0 Å². The first-order valence-corrected chi connectivity index (χ1v) is 5.69. The average Bonchev–Trinajstić information content (AvgIpc) is 2.17. The third-order valence-corrected chi connectivity index (χ3v) is 2.31. The van der Waals surface area contributed by atoms with E-state index in [1.54, 1.807) is 0 Å². The summed E-state index contributed by atoms with van der Waals surface area (Å²) in [6, 6.07) is 0.720. The number of rotatable bonds is 9. The van der Waals surface area contributed by atoms with Crippen molar-refractivity contribution in [2.75, 3.05) is 6.54 Å². The third kappa shape index (κ3) is 8.04. The van der Waals surface area contributed by atoms with Crippen molar-refractivity contribution in [3.63, 3.8) is 0 Å². The van der Waals surface area contributed by atoms with Crippen LogP contribution in [-0.4, -0.2) is 12.6 Å².